The Kier molecular flexibility index (Phi) is 4.79. The summed E-state index contributed by atoms with van der Waals surface area (Å²) in [6.45, 7) is 2.36. The number of carbonyl (C=O) groups excluding carboxylic acids is 1. The van der Waals surface area contributed by atoms with E-state index >= 15 is 0 Å². The minimum Gasteiger partial charge on any atom is -0.497 e. The van der Waals surface area contributed by atoms with Crippen molar-refractivity contribution >= 4 is 16.7 Å². The van der Waals surface area contributed by atoms with Crippen LogP contribution in [0.15, 0.2) is 36.4 Å². The molecule has 1 unspecified atom stereocenters. The number of nitrogens with zero attached hydrogens (tertiary/aromatic N) is 1. The summed E-state index contributed by atoms with van der Waals surface area (Å²) in [5, 5.41) is 2.28. The summed E-state index contributed by atoms with van der Waals surface area (Å²) in [5.74, 6) is 0.639. The highest BCUT2D eigenvalue weighted by Gasteiger charge is 2.23. The summed E-state index contributed by atoms with van der Waals surface area (Å²) in [6, 6.07) is 12.3. The van der Waals surface area contributed by atoms with E-state index in [9.17, 15) is 4.79 Å². The summed E-state index contributed by atoms with van der Waals surface area (Å²) in [6.07, 6.45) is -0.0279. The fraction of sp³-hybridized carbons (Fsp3) is 0.389. The monoisotopic (exact) mass is 315 g/mol. The van der Waals surface area contributed by atoms with E-state index in [1.807, 2.05) is 18.2 Å². The Balaban J connectivity index is 1.77. The standard InChI is InChI=1S/C18H21NO4/c1-21-16-6-5-13-9-15(4-3-14(13)10-16)17-11-19(7-8-23-17)12-18(20)22-2/h3-6,9-10,17H,7-8,11-12H2,1-2H3. The molecule has 3 rings (SSSR count). The smallest absolute Gasteiger partial charge is 0.319 e. The van der Waals surface area contributed by atoms with Gasteiger partial charge in [-0.2, -0.15) is 0 Å². The van der Waals surface area contributed by atoms with Crippen LogP contribution < -0.4 is 4.74 Å². The zero-order chi connectivity index (χ0) is 16.2. The average Bonchev–Trinajstić information content (AvgIpc) is 2.60. The zero-order valence-electron chi connectivity index (χ0n) is 13.5. The first-order valence-corrected chi connectivity index (χ1v) is 7.68. The van der Waals surface area contributed by atoms with Gasteiger partial charge in [0.05, 0.1) is 33.5 Å². The Morgan fingerprint density at radius 1 is 1.22 bits per heavy atom. The molecule has 1 aliphatic rings. The van der Waals surface area contributed by atoms with Crippen LogP contribution >= 0.6 is 0 Å². The van der Waals surface area contributed by atoms with Crippen LogP contribution in [0.3, 0.4) is 0 Å². The summed E-state index contributed by atoms with van der Waals surface area (Å²) < 4.78 is 15.9. The highest BCUT2D eigenvalue weighted by molar-refractivity contribution is 5.84. The molecule has 0 radical (unpaired) electrons. The quantitative estimate of drug-likeness (QED) is 0.811. The normalized spacial score (nSPS) is 18.8. The topological polar surface area (TPSA) is 48.0 Å². The molecule has 2 aromatic rings. The van der Waals surface area contributed by atoms with Crippen LogP contribution in [0.2, 0.25) is 0 Å². The molecule has 1 atom stereocenters. The molecule has 2 aromatic carbocycles. The number of ether oxygens (including phenoxy) is 3. The number of hydrogen-bond acceptors (Lipinski definition) is 5. The second-order valence-corrected chi connectivity index (χ2v) is 5.64. The number of morpholine rings is 1. The first-order valence-electron chi connectivity index (χ1n) is 7.68. The van der Waals surface area contributed by atoms with Crippen LogP contribution in [-0.4, -0.2) is 51.3 Å². The lowest BCUT2D eigenvalue weighted by molar-refractivity contribution is -0.143. The maximum Gasteiger partial charge on any atom is 0.319 e. The molecule has 0 amide bonds. The van der Waals surface area contributed by atoms with E-state index in [2.05, 4.69) is 23.1 Å². The summed E-state index contributed by atoms with van der Waals surface area (Å²) >= 11 is 0. The van der Waals surface area contributed by atoms with Gasteiger partial charge in [0.2, 0.25) is 0 Å². The lowest BCUT2D eigenvalue weighted by Crippen LogP contribution is -2.41. The molecule has 0 spiro atoms. The van der Waals surface area contributed by atoms with Crippen molar-refractivity contribution in [2.45, 2.75) is 6.10 Å². The van der Waals surface area contributed by atoms with Gasteiger partial charge in [-0.05, 0) is 34.5 Å². The second-order valence-electron chi connectivity index (χ2n) is 5.64. The van der Waals surface area contributed by atoms with Gasteiger partial charge in [0.15, 0.2) is 0 Å². The molecular formula is C18H21NO4. The van der Waals surface area contributed by atoms with Crippen molar-refractivity contribution in [2.24, 2.45) is 0 Å². The Labute approximate surface area is 135 Å². The van der Waals surface area contributed by atoms with Crippen LogP contribution in [0.5, 0.6) is 5.75 Å². The number of benzene rings is 2. The van der Waals surface area contributed by atoms with Crippen molar-refractivity contribution in [3.63, 3.8) is 0 Å². The van der Waals surface area contributed by atoms with Gasteiger partial charge in [-0.3, -0.25) is 9.69 Å². The molecule has 23 heavy (non-hydrogen) atoms. The lowest BCUT2D eigenvalue weighted by Gasteiger charge is -2.32. The molecule has 1 fully saturated rings. The average molecular weight is 315 g/mol. The predicted octanol–water partition coefficient (Wildman–Crippen LogP) is 2.39. The van der Waals surface area contributed by atoms with E-state index in [4.69, 9.17) is 14.2 Å². The first-order chi connectivity index (χ1) is 11.2. The first kappa shape index (κ1) is 15.8. The molecule has 5 heteroatoms. The summed E-state index contributed by atoms with van der Waals surface area (Å²) in [5.41, 5.74) is 1.12. The fourth-order valence-electron chi connectivity index (χ4n) is 2.86. The van der Waals surface area contributed by atoms with Gasteiger partial charge in [0.1, 0.15) is 5.75 Å². The predicted molar refractivity (Wildman–Crippen MR) is 87.6 cm³/mol. The maximum absolute atomic E-state index is 11.4. The largest absolute Gasteiger partial charge is 0.497 e. The highest BCUT2D eigenvalue weighted by atomic mass is 16.5. The fourth-order valence-corrected chi connectivity index (χ4v) is 2.86. The van der Waals surface area contributed by atoms with Crippen molar-refractivity contribution in [3.8, 4) is 5.75 Å². The number of esters is 1. The molecule has 5 nitrogen and oxygen atoms in total. The number of rotatable bonds is 4. The lowest BCUT2D eigenvalue weighted by atomic mass is 10.0. The molecular weight excluding hydrogens is 294 g/mol. The van der Waals surface area contributed by atoms with Crippen LogP contribution in [0.1, 0.15) is 11.7 Å². The molecule has 0 N–H and O–H groups in total. The van der Waals surface area contributed by atoms with Crippen LogP contribution in [-0.2, 0) is 14.3 Å². The van der Waals surface area contributed by atoms with Gasteiger partial charge >= 0.3 is 5.97 Å². The van der Waals surface area contributed by atoms with E-state index < -0.39 is 0 Å². The van der Waals surface area contributed by atoms with Crippen LogP contribution in [0.25, 0.3) is 10.8 Å². The van der Waals surface area contributed by atoms with Crippen molar-refractivity contribution in [1.29, 1.82) is 0 Å². The Morgan fingerprint density at radius 2 is 2.00 bits per heavy atom. The van der Waals surface area contributed by atoms with Gasteiger partial charge < -0.3 is 14.2 Å². The van der Waals surface area contributed by atoms with E-state index in [1.165, 1.54) is 7.11 Å². The van der Waals surface area contributed by atoms with Crippen LogP contribution in [0, 0.1) is 0 Å². The van der Waals surface area contributed by atoms with E-state index in [0.29, 0.717) is 19.7 Å². The summed E-state index contributed by atoms with van der Waals surface area (Å²) in [4.78, 5) is 13.5. The molecule has 1 saturated heterocycles. The van der Waals surface area contributed by atoms with Crippen molar-refractivity contribution in [3.05, 3.63) is 42.0 Å². The van der Waals surface area contributed by atoms with Gasteiger partial charge in [0, 0.05) is 13.1 Å². The molecule has 1 aliphatic heterocycles. The Hall–Kier alpha value is -2.11. The molecule has 0 saturated carbocycles. The molecule has 0 bridgehead atoms. The number of methoxy groups -OCH3 is 2. The van der Waals surface area contributed by atoms with Crippen LogP contribution in [0.4, 0.5) is 0 Å². The van der Waals surface area contributed by atoms with Gasteiger partial charge in [-0.1, -0.05) is 18.2 Å². The third-order valence-corrected chi connectivity index (χ3v) is 4.17. The molecule has 1 heterocycles. The molecule has 0 aromatic heterocycles. The van der Waals surface area contributed by atoms with Crippen molar-refractivity contribution in [2.75, 3.05) is 40.5 Å². The zero-order valence-corrected chi connectivity index (χ0v) is 13.5. The number of carbonyl (C=O) groups is 1. The maximum atomic E-state index is 11.4. The van der Waals surface area contributed by atoms with E-state index in [0.717, 1.165) is 28.6 Å². The molecule has 0 aliphatic carbocycles. The van der Waals surface area contributed by atoms with E-state index in [-0.39, 0.29) is 12.1 Å². The third-order valence-electron chi connectivity index (χ3n) is 4.17. The third kappa shape index (κ3) is 3.63. The second kappa shape index (κ2) is 6.98. The number of fused-ring (bicyclic) bond motifs is 1. The highest BCUT2D eigenvalue weighted by Crippen LogP contribution is 2.27. The Morgan fingerprint density at radius 3 is 2.78 bits per heavy atom. The summed E-state index contributed by atoms with van der Waals surface area (Å²) in [7, 11) is 3.08. The van der Waals surface area contributed by atoms with Gasteiger partial charge in [-0.15, -0.1) is 0 Å². The molecule has 122 valence electrons. The minimum absolute atomic E-state index is 0.0279. The minimum atomic E-state index is -0.212. The SMILES string of the molecule is COC(=O)CN1CCOC(c2ccc3cc(OC)ccc3c2)C1. The van der Waals surface area contributed by atoms with Crippen molar-refractivity contribution in [1.82, 2.24) is 4.90 Å². The van der Waals surface area contributed by atoms with Crippen molar-refractivity contribution < 1.29 is 19.0 Å². The van der Waals surface area contributed by atoms with Gasteiger partial charge in [0.25, 0.3) is 0 Å². The van der Waals surface area contributed by atoms with Gasteiger partial charge in [-0.25, -0.2) is 0 Å². The Bertz CT molecular complexity index is 700. The number of hydrogen-bond donors (Lipinski definition) is 0. The van der Waals surface area contributed by atoms with E-state index in [1.54, 1.807) is 7.11 Å².